The Morgan fingerprint density at radius 1 is 1.33 bits per heavy atom. The van der Waals surface area contributed by atoms with Crippen LogP contribution < -0.4 is 5.32 Å². The zero-order valence-electron chi connectivity index (χ0n) is 9.19. The molecule has 84 valence electrons. The summed E-state index contributed by atoms with van der Waals surface area (Å²) in [6.45, 7) is 5.18. The zero-order valence-corrected chi connectivity index (χ0v) is 10.7. The molecule has 0 saturated carbocycles. The van der Waals surface area contributed by atoms with Crippen LogP contribution in [-0.4, -0.2) is 6.04 Å². The predicted octanol–water partition coefficient (Wildman–Crippen LogP) is 4.27. The molecule has 0 unspecified atom stereocenters. The van der Waals surface area contributed by atoms with E-state index in [0.717, 1.165) is 17.1 Å². The highest BCUT2D eigenvalue weighted by Crippen LogP contribution is 2.20. The number of hydrogen-bond donors (Lipinski definition) is 1. The van der Waals surface area contributed by atoms with Crippen molar-refractivity contribution in [3.05, 3.63) is 33.8 Å². The lowest BCUT2D eigenvalue weighted by molar-refractivity contribution is 0.508. The van der Waals surface area contributed by atoms with Gasteiger partial charge in [0, 0.05) is 22.6 Å². The molecule has 0 aliphatic heterocycles. The first kappa shape index (κ1) is 12.8. The number of hydrogen-bond acceptors (Lipinski definition) is 1. The van der Waals surface area contributed by atoms with Gasteiger partial charge in [-0.1, -0.05) is 42.6 Å². The lowest BCUT2D eigenvalue weighted by Crippen LogP contribution is -2.25. The predicted molar refractivity (Wildman–Crippen MR) is 67.7 cm³/mol. The molecule has 1 N–H and O–H groups in total. The first-order valence-electron chi connectivity index (χ1n) is 5.30. The van der Waals surface area contributed by atoms with Gasteiger partial charge in [-0.3, -0.25) is 0 Å². The van der Waals surface area contributed by atoms with Crippen LogP contribution in [0.15, 0.2) is 18.2 Å². The molecule has 1 aromatic rings. The standard InChI is InChI=1S/C12H17Cl2N/c1-3-4-9(2)15-8-10-5-6-11(13)7-12(10)14/h5-7,9,15H,3-4,8H2,1-2H3/t9-/m1/s1. The fraction of sp³-hybridized carbons (Fsp3) is 0.500. The first-order chi connectivity index (χ1) is 7.13. The van der Waals surface area contributed by atoms with E-state index in [9.17, 15) is 0 Å². The van der Waals surface area contributed by atoms with Crippen molar-refractivity contribution >= 4 is 23.2 Å². The summed E-state index contributed by atoms with van der Waals surface area (Å²) in [5.74, 6) is 0. The summed E-state index contributed by atoms with van der Waals surface area (Å²) in [4.78, 5) is 0. The summed E-state index contributed by atoms with van der Waals surface area (Å²) < 4.78 is 0. The van der Waals surface area contributed by atoms with Crippen molar-refractivity contribution in [2.45, 2.75) is 39.3 Å². The fourth-order valence-corrected chi connectivity index (χ4v) is 1.96. The Balaban J connectivity index is 2.50. The Morgan fingerprint density at radius 2 is 2.07 bits per heavy atom. The van der Waals surface area contributed by atoms with E-state index < -0.39 is 0 Å². The summed E-state index contributed by atoms with van der Waals surface area (Å²) in [6, 6.07) is 6.15. The van der Waals surface area contributed by atoms with E-state index >= 15 is 0 Å². The highest BCUT2D eigenvalue weighted by atomic mass is 35.5. The average molecular weight is 246 g/mol. The van der Waals surface area contributed by atoms with E-state index in [2.05, 4.69) is 19.2 Å². The molecule has 0 aliphatic carbocycles. The molecule has 3 heteroatoms. The minimum atomic E-state index is 0.529. The Labute approximate surface area is 102 Å². The molecule has 0 saturated heterocycles. The van der Waals surface area contributed by atoms with Crippen LogP contribution in [-0.2, 0) is 6.54 Å². The minimum Gasteiger partial charge on any atom is -0.310 e. The molecular formula is C12H17Cl2N. The first-order valence-corrected chi connectivity index (χ1v) is 6.06. The van der Waals surface area contributed by atoms with E-state index in [-0.39, 0.29) is 0 Å². The van der Waals surface area contributed by atoms with Gasteiger partial charge in [0.2, 0.25) is 0 Å². The van der Waals surface area contributed by atoms with Crippen LogP contribution >= 0.6 is 23.2 Å². The normalized spacial score (nSPS) is 12.8. The second-order valence-corrected chi connectivity index (χ2v) is 4.65. The molecule has 0 heterocycles. The van der Waals surface area contributed by atoms with Gasteiger partial charge in [-0.15, -0.1) is 0 Å². The molecule has 0 radical (unpaired) electrons. The molecule has 1 rings (SSSR count). The Kier molecular flexibility index (Phi) is 5.44. The van der Waals surface area contributed by atoms with Crippen LogP contribution in [0.1, 0.15) is 32.3 Å². The lowest BCUT2D eigenvalue weighted by Gasteiger charge is -2.13. The van der Waals surface area contributed by atoms with Crippen molar-refractivity contribution in [3.8, 4) is 0 Å². The Hall–Kier alpha value is -0.240. The largest absolute Gasteiger partial charge is 0.310 e. The fourth-order valence-electron chi connectivity index (χ4n) is 1.48. The summed E-state index contributed by atoms with van der Waals surface area (Å²) in [6.07, 6.45) is 2.38. The molecule has 1 atom stereocenters. The highest BCUT2D eigenvalue weighted by molar-refractivity contribution is 6.35. The molecule has 0 amide bonds. The molecule has 0 spiro atoms. The van der Waals surface area contributed by atoms with Gasteiger partial charge in [-0.2, -0.15) is 0 Å². The van der Waals surface area contributed by atoms with Gasteiger partial charge in [0.05, 0.1) is 0 Å². The second kappa shape index (κ2) is 6.37. The van der Waals surface area contributed by atoms with Crippen LogP contribution in [0.2, 0.25) is 10.0 Å². The molecule has 0 bridgehead atoms. The summed E-state index contributed by atoms with van der Waals surface area (Å²) in [5.41, 5.74) is 1.10. The van der Waals surface area contributed by atoms with Gasteiger partial charge in [0.25, 0.3) is 0 Å². The highest BCUT2D eigenvalue weighted by Gasteiger charge is 2.03. The molecule has 0 aliphatic rings. The minimum absolute atomic E-state index is 0.529. The molecular weight excluding hydrogens is 229 g/mol. The van der Waals surface area contributed by atoms with E-state index in [1.807, 2.05) is 12.1 Å². The molecule has 0 aromatic heterocycles. The summed E-state index contributed by atoms with van der Waals surface area (Å²) in [7, 11) is 0. The van der Waals surface area contributed by atoms with Gasteiger partial charge in [-0.05, 0) is 31.0 Å². The van der Waals surface area contributed by atoms with Crippen LogP contribution in [0, 0.1) is 0 Å². The smallest absolute Gasteiger partial charge is 0.0465 e. The van der Waals surface area contributed by atoms with Gasteiger partial charge < -0.3 is 5.32 Å². The number of halogens is 2. The maximum atomic E-state index is 6.07. The monoisotopic (exact) mass is 245 g/mol. The van der Waals surface area contributed by atoms with Crippen molar-refractivity contribution in [2.24, 2.45) is 0 Å². The van der Waals surface area contributed by atoms with Gasteiger partial charge in [-0.25, -0.2) is 0 Å². The summed E-state index contributed by atoms with van der Waals surface area (Å²) in [5, 5.41) is 4.85. The number of benzene rings is 1. The van der Waals surface area contributed by atoms with Gasteiger partial charge in [0.15, 0.2) is 0 Å². The average Bonchev–Trinajstić information content (AvgIpc) is 2.17. The quantitative estimate of drug-likeness (QED) is 0.817. The topological polar surface area (TPSA) is 12.0 Å². The SMILES string of the molecule is CCC[C@@H](C)NCc1ccc(Cl)cc1Cl. The maximum Gasteiger partial charge on any atom is 0.0465 e. The van der Waals surface area contributed by atoms with Crippen molar-refractivity contribution in [1.29, 1.82) is 0 Å². The van der Waals surface area contributed by atoms with E-state index in [0.29, 0.717) is 11.1 Å². The number of rotatable bonds is 5. The van der Waals surface area contributed by atoms with Crippen molar-refractivity contribution in [3.63, 3.8) is 0 Å². The van der Waals surface area contributed by atoms with Crippen LogP contribution in [0.5, 0.6) is 0 Å². The molecule has 1 nitrogen and oxygen atoms in total. The molecule has 1 aromatic carbocycles. The van der Waals surface area contributed by atoms with Gasteiger partial charge in [0.1, 0.15) is 0 Å². The van der Waals surface area contributed by atoms with E-state index in [1.54, 1.807) is 6.07 Å². The Bertz CT molecular complexity index is 312. The van der Waals surface area contributed by atoms with Crippen LogP contribution in [0.3, 0.4) is 0 Å². The third-order valence-corrected chi connectivity index (χ3v) is 2.96. The maximum absolute atomic E-state index is 6.07. The molecule has 15 heavy (non-hydrogen) atoms. The second-order valence-electron chi connectivity index (χ2n) is 3.81. The van der Waals surface area contributed by atoms with Crippen molar-refractivity contribution in [2.75, 3.05) is 0 Å². The van der Waals surface area contributed by atoms with Crippen LogP contribution in [0.25, 0.3) is 0 Å². The third kappa shape index (κ3) is 4.42. The lowest BCUT2D eigenvalue weighted by atomic mass is 10.1. The van der Waals surface area contributed by atoms with Crippen molar-refractivity contribution in [1.82, 2.24) is 5.32 Å². The van der Waals surface area contributed by atoms with E-state index in [4.69, 9.17) is 23.2 Å². The number of nitrogens with one attached hydrogen (secondary N) is 1. The third-order valence-electron chi connectivity index (χ3n) is 2.38. The van der Waals surface area contributed by atoms with E-state index in [1.165, 1.54) is 12.8 Å². The zero-order chi connectivity index (χ0) is 11.3. The van der Waals surface area contributed by atoms with Gasteiger partial charge >= 0.3 is 0 Å². The van der Waals surface area contributed by atoms with Crippen LogP contribution in [0.4, 0.5) is 0 Å². The summed E-state index contributed by atoms with van der Waals surface area (Å²) >= 11 is 11.9. The van der Waals surface area contributed by atoms with Crippen molar-refractivity contribution < 1.29 is 0 Å². The Morgan fingerprint density at radius 3 is 2.67 bits per heavy atom. The molecule has 0 fully saturated rings.